The monoisotopic (exact) mass is 322 g/mol. The molecule has 3 rings (SSSR count). The van der Waals surface area contributed by atoms with Gasteiger partial charge in [0.15, 0.2) is 11.6 Å². The Morgan fingerprint density at radius 3 is 2.67 bits per heavy atom. The topological polar surface area (TPSA) is 51.2 Å². The number of carbonyl (C=O) groups is 1. The SMILES string of the molecule is O=C(Nc1ncccc1OCc1ccccc1)c1cccc(F)c1. The Hall–Kier alpha value is -3.21. The van der Waals surface area contributed by atoms with Crippen LogP contribution in [-0.2, 0) is 6.61 Å². The molecule has 1 amide bonds. The Morgan fingerprint density at radius 2 is 1.88 bits per heavy atom. The quantitative estimate of drug-likeness (QED) is 0.771. The van der Waals surface area contributed by atoms with Gasteiger partial charge in [0.1, 0.15) is 12.4 Å². The van der Waals surface area contributed by atoms with Gasteiger partial charge in [-0.2, -0.15) is 0 Å². The summed E-state index contributed by atoms with van der Waals surface area (Å²) in [4.78, 5) is 16.3. The van der Waals surface area contributed by atoms with E-state index in [0.29, 0.717) is 18.2 Å². The second kappa shape index (κ2) is 7.37. The van der Waals surface area contributed by atoms with Crippen molar-refractivity contribution in [2.45, 2.75) is 6.61 Å². The van der Waals surface area contributed by atoms with E-state index in [9.17, 15) is 9.18 Å². The first-order valence-corrected chi connectivity index (χ1v) is 7.41. The molecule has 0 aliphatic rings. The lowest BCUT2D eigenvalue weighted by molar-refractivity contribution is 0.102. The number of aromatic nitrogens is 1. The van der Waals surface area contributed by atoms with E-state index in [0.717, 1.165) is 5.56 Å². The molecule has 1 aromatic heterocycles. The first kappa shape index (κ1) is 15.7. The van der Waals surface area contributed by atoms with Crippen LogP contribution in [0.5, 0.6) is 5.75 Å². The van der Waals surface area contributed by atoms with Gasteiger partial charge in [-0.15, -0.1) is 0 Å². The van der Waals surface area contributed by atoms with Crippen molar-refractivity contribution in [3.63, 3.8) is 0 Å². The third kappa shape index (κ3) is 3.95. The molecule has 3 aromatic rings. The summed E-state index contributed by atoms with van der Waals surface area (Å²) < 4.78 is 19.0. The molecule has 5 heteroatoms. The molecule has 0 unspecified atom stereocenters. The third-order valence-corrected chi connectivity index (χ3v) is 3.33. The van der Waals surface area contributed by atoms with Crippen LogP contribution in [0, 0.1) is 5.82 Å². The number of amides is 1. The predicted octanol–water partition coefficient (Wildman–Crippen LogP) is 4.05. The molecule has 0 atom stereocenters. The Balaban J connectivity index is 1.73. The number of rotatable bonds is 5. The average Bonchev–Trinajstić information content (AvgIpc) is 2.62. The predicted molar refractivity (Wildman–Crippen MR) is 89.4 cm³/mol. The zero-order valence-corrected chi connectivity index (χ0v) is 12.8. The number of nitrogens with one attached hydrogen (secondary N) is 1. The highest BCUT2D eigenvalue weighted by molar-refractivity contribution is 6.04. The van der Waals surface area contributed by atoms with Gasteiger partial charge >= 0.3 is 0 Å². The van der Waals surface area contributed by atoms with Crippen molar-refractivity contribution >= 4 is 11.7 Å². The van der Waals surface area contributed by atoms with Crippen molar-refractivity contribution in [2.24, 2.45) is 0 Å². The van der Waals surface area contributed by atoms with E-state index in [1.165, 1.54) is 24.3 Å². The fraction of sp³-hybridized carbons (Fsp3) is 0.0526. The van der Waals surface area contributed by atoms with Gasteiger partial charge in [-0.1, -0.05) is 36.4 Å². The van der Waals surface area contributed by atoms with E-state index in [-0.39, 0.29) is 5.56 Å². The molecule has 0 aliphatic heterocycles. The summed E-state index contributed by atoms with van der Waals surface area (Å²) in [6.45, 7) is 0.357. The molecule has 120 valence electrons. The minimum Gasteiger partial charge on any atom is -0.485 e. The van der Waals surface area contributed by atoms with Crippen LogP contribution in [0.2, 0.25) is 0 Å². The van der Waals surface area contributed by atoms with Crippen molar-refractivity contribution in [1.29, 1.82) is 0 Å². The number of carbonyl (C=O) groups excluding carboxylic acids is 1. The van der Waals surface area contributed by atoms with Gasteiger partial charge in [-0.05, 0) is 35.9 Å². The summed E-state index contributed by atoms with van der Waals surface area (Å²) >= 11 is 0. The maximum atomic E-state index is 13.2. The molecular weight excluding hydrogens is 307 g/mol. The molecule has 2 aromatic carbocycles. The Morgan fingerprint density at radius 1 is 1.04 bits per heavy atom. The molecule has 1 heterocycles. The standard InChI is InChI=1S/C19H15FN2O2/c20-16-9-4-8-15(12-16)19(23)22-18-17(10-5-11-21-18)24-13-14-6-2-1-3-7-14/h1-12H,13H2,(H,21,22,23). The van der Waals surface area contributed by atoms with Crippen LogP contribution < -0.4 is 10.1 Å². The van der Waals surface area contributed by atoms with E-state index >= 15 is 0 Å². The largest absolute Gasteiger partial charge is 0.485 e. The minimum absolute atomic E-state index is 0.217. The summed E-state index contributed by atoms with van der Waals surface area (Å²) in [7, 11) is 0. The molecule has 0 saturated carbocycles. The highest BCUT2D eigenvalue weighted by atomic mass is 19.1. The van der Waals surface area contributed by atoms with E-state index < -0.39 is 11.7 Å². The molecule has 0 radical (unpaired) electrons. The summed E-state index contributed by atoms with van der Waals surface area (Å²) in [5.41, 5.74) is 1.22. The molecule has 0 saturated heterocycles. The van der Waals surface area contributed by atoms with Crippen LogP contribution in [0.4, 0.5) is 10.2 Å². The number of anilines is 1. The highest BCUT2D eigenvalue weighted by Gasteiger charge is 2.11. The molecule has 0 spiro atoms. The van der Waals surface area contributed by atoms with E-state index in [2.05, 4.69) is 10.3 Å². The fourth-order valence-corrected chi connectivity index (χ4v) is 2.15. The molecular formula is C19H15FN2O2. The Bertz CT molecular complexity index is 838. The van der Waals surface area contributed by atoms with E-state index in [1.54, 1.807) is 18.3 Å². The number of nitrogens with zero attached hydrogens (tertiary/aromatic N) is 1. The van der Waals surface area contributed by atoms with Crippen LogP contribution >= 0.6 is 0 Å². The van der Waals surface area contributed by atoms with Crippen LogP contribution in [-0.4, -0.2) is 10.9 Å². The van der Waals surface area contributed by atoms with Gasteiger partial charge < -0.3 is 10.1 Å². The zero-order chi connectivity index (χ0) is 16.8. The molecule has 4 nitrogen and oxygen atoms in total. The van der Waals surface area contributed by atoms with Gasteiger partial charge in [-0.25, -0.2) is 9.37 Å². The number of ether oxygens (including phenoxy) is 1. The van der Waals surface area contributed by atoms with Gasteiger partial charge in [0.25, 0.3) is 5.91 Å². The maximum absolute atomic E-state index is 13.2. The molecule has 0 fully saturated rings. The highest BCUT2D eigenvalue weighted by Crippen LogP contribution is 2.22. The Kier molecular flexibility index (Phi) is 4.81. The normalized spacial score (nSPS) is 10.2. The van der Waals surface area contributed by atoms with Gasteiger partial charge in [0, 0.05) is 11.8 Å². The molecule has 0 aliphatic carbocycles. The number of benzene rings is 2. The average molecular weight is 322 g/mol. The van der Waals surface area contributed by atoms with E-state index in [4.69, 9.17) is 4.74 Å². The summed E-state index contributed by atoms with van der Waals surface area (Å²) in [5.74, 6) is -0.171. The van der Waals surface area contributed by atoms with Gasteiger partial charge in [0.2, 0.25) is 0 Å². The van der Waals surface area contributed by atoms with Crippen molar-refractivity contribution < 1.29 is 13.9 Å². The van der Waals surface area contributed by atoms with Crippen molar-refractivity contribution in [1.82, 2.24) is 4.98 Å². The first-order chi connectivity index (χ1) is 11.7. The van der Waals surface area contributed by atoms with E-state index in [1.807, 2.05) is 30.3 Å². The first-order valence-electron chi connectivity index (χ1n) is 7.41. The number of hydrogen-bond donors (Lipinski definition) is 1. The minimum atomic E-state index is -0.468. The zero-order valence-electron chi connectivity index (χ0n) is 12.8. The van der Waals surface area contributed by atoms with Gasteiger partial charge in [-0.3, -0.25) is 4.79 Å². The van der Waals surface area contributed by atoms with Crippen molar-refractivity contribution in [2.75, 3.05) is 5.32 Å². The lowest BCUT2D eigenvalue weighted by Gasteiger charge is -2.11. The van der Waals surface area contributed by atoms with Gasteiger partial charge in [0.05, 0.1) is 0 Å². The number of hydrogen-bond acceptors (Lipinski definition) is 3. The third-order valence-electron chi connectivity index (χ3n) is 3.33. The summed E-state index contributed by atoms with van der Waals surface area (Å²) in [6.07, 6.45) is 1.55. The number of pyridine rings is 1. The van der Waals surface area contributed by atoms with Crippen LogP contribution in [0.15, 0.2) is 72.9 Å². The van der Waals surface area contributed by atoms with Crippen LogP contribution in [0.3, 0.4) is 0 Å². The fourth-order valence-electron chi connectivity index (χ4n) is 2.15. The summed E-state index contributed by atoms with van der Waals surface area (Å²) in [5, 5.41) is 2.65. The van der Waals surface area contributed by atoms with Crippen molar-refractivity contribution in [3.8, 4) is 5.75 Å². The maximum Gasteiger partial charge on any atom is 0.257 e. The van der Waals surface area contributed by atoms with Crippen LogP contribution in [0.25, 0.3) is 0 Å². The lowest BCUT2D eigenvalue weighted by atomic mass is 10.2. The van der Waals surface area contributed by atoms with Crippen molar-refractivity contribution in [3.05, 3.63) is 89.9 Å². The molecule has 1 N–H and O–H groups in total. The molecule has 0 bridgehead atoms. The smallest absolute Gasteiger partial charge is 0.257 e. The summed E-state index contributed by atoms with van der Waals surface area (Å²) in [6, 6.07) is 18.6. The second-order valence-corrected chi connectivity index (χ2v) is 5.09. The molecule has 24 heavy (non-hydrogen) atoms. The second-order valence-electron chi connectivity index (χ2n) is 5.09. The lowest BCUT2D eigenvalue weighted by Crippen LogP contribution is -2.14. The van der Waals surface area contributed by atoms with Crippen LogP contribution in [0.1, 0.15) is 15.9 Å². The Labute approximate surface area is 138 Å². The number of halogens is 1.